The van der Waals surface area contributed by atoms with Gasteiger partial charge in [0.2, 0.25) is 5.91 Å². The Morgan fingerprint density at radius 2 is 2.05 bits per heavy atom. The van der Waals surface area contributed by atoms with E-state index < -0.39 is 0 Å². The minimum atomic E-state index is -0.337. The molecule has 1 rings (SSSR count). The van der Waals surface area contributed by atoms with Gasteiger partial charge in [-0.3, -0.25) is 4.79 Å². The zero-order valence-electron chi connectivity index (χ0n) is 11.0. The first-order chi connectivity index (χ1) is 9.11. The number of nitrogens with two attached hydrogens (primary N) is 1. The summed E-state index contributed by atoms with van der Waals surface area (Å²) in [4.78, 5) is 22.9. The minimum absolute atomic E-state index is 0.0766. The molecule has 3 amide bonds. The van der Waals surface area contributed by atoms with Crippen molar-refractivity contribution in [3.05, 3.63) is 24.3 Å². The van der Waals surface area contributed by atoms with Gasteiger partial charge < -0.3 is 21.7 Å². The molecule has 6 heteroatoms. The Labute approximate surface area is 112 Å². The smallest absolute Gasteiger partial charge is 0.315 e. The topological polar surface area (TPSA) is 96.2 Å². The van der Waals surface area contributed by atoms with E-state index in [1.165, 1.54) is 0 Å². The molecule has 0 aliphatic heterocycles. The average molecular weight is 264 g/mol. The Bertz CT molecular complexity index is 434. The first-order valence-electron chi connectivity index (χ1n) is 6.29. The van der Waals surface area contributed by atoms with Crippen LogP contribution in [0.5, 0.6) is 0 Å². The van der Waals surface area contributed by atoms with E-state index in [0.717, 1.165) is 12.8 Å². The summed E-state index contributed by atoms with van der Waals surface area (Å²) in [5.74, 6) is -0.295. The molecule has 0 aliphatic carbocycles. The summed E-state index contributed by atoms with van der Waals surface area (Å²) in [7, 11) is 0. The summed E-state index contributed by atoms with van der Waals surface area (Å²) >= 11 is 0. The zero-order valence-corrected chi connectivity index (χ0v) is 11.0. The number of benzene rings is 1. The molecule has 104 valence electrons. The zero-order chi connectivity index (χ0) is 14.1. The first kappa shape index (κ1) is 14.8. The highest BCUT2D eigenvalue weighted by molar-refractivity contribution is 5.94. The van der Waals surface area contributed by atoms with Crippen molar-refractivity contribution < 1.29 is 9.59 Å². The van der Waals surface area contributed by atoms with Gasteiger partial charge in [0.1, 0.15) is 0 Å². The lowest BCUT2D eigenvalue weighted by Gasteiger charge is -2.08. The normalized spacial score (nSPS) is 9.74. The molecule has 0 atom stereocenters. The summed E-state index contributed by atoms with van der Waals surface area (Å²) in [6.45, 7) is 2.57. The van der Waals surface area contributed by atoms with Gasteiger partial charge in [0, 0.05) is 17.9 Å². The van der Waals surface area contributed by atoms with Crippen LogP contribution < -0.4 is 21.7 Å². The van der Waals surface area contributed by atoms with Crippen LogP contribution in [-0.4, -0.2) is 25.0 Å². The van der Waals surface area contributed by atoms with Crippen molar-refractivity contribution in [2.75, 3.05) is 24.1 Å². The number of amides is 3. The van der Waals surface area contributed by atoms with Crippen LogP contribution in [0.4, 0.5) is 16.2 Å². The third kappa shape index (κ3) is 6.30. The molecule has 6 nitrogen and oxygen atoms in total. The van der Waals surface area contributed by atoms with Crippen molar-refractivity contribution in [1.82, 2.24) is 10.6 Å². The van der Waals surface area contributed by atoms with Crippen LogP contribution in [0.3, 0.4) is 0 Å². The van der Waals surface area contributed by atoms with Gasteiger partial charge in [-0.25, -0.2) is 4.79 Å². The van der Waals surface area contributed by atoms with Gasteiger partial charge in [-0.1, -0.05) is 19.4 Å². The number of unbranched alkanes of at least 4 members (excludes halogenated alkanes) is 1. The number of hydrogen-bond acceptors (Lipinski definition) is 3. The molecule has 0 unspecified atom stereocenters. The van der Waals surface area contributed by atoms with Crippen molar-refractivity contribution in [2.24, 2.45) is 0 Å². The molecule has 0 saturated carbocycles. The van der Waals surface area contributed by atoms with E-state index in [2.05, 4.69) is 16.0 Å². The maximum atomic E-state index is 11.6. The van der Waals surface area contributed by atoms with E-state index >= 15 is 0 Å². The van der Waals surface area contributed by atoms with Crippen molar-refractivity contribution in [2.45, 2.75) is 19.8 Å². The average Bonchev–Trinajstić information content (AvgIpc) is 2.37. The molecule has 1 aromatic carbocycles. The van der Waals surface area contributed by atoms with E-state index in [9.17, 15) is 9.59 Å². The molecular formula is C13H20N4O2. The Kier molecular flexibility index (Phi) is 6.21. The summed E-state index contributed by atoms with van der Waals surface area (Å²) in [5, 5.41) is 7.79. The Morgan fingerprint density at radius 3 is 2.74 bits per heavy atom. The Balaban J connectivity index is 2.26. The third-order valence-electron chi connectivity index (χ3n) is 2.40. The number of hydrogen-bond donors (Lipinski definition) is 4. The van der Waals surface area contributed by atoms with Gasteiger partial charge in [0.25, 0.3) is 0 Å². The summed E-state index contributed by atoms with van der Waals surface area (Å²) < 4.78 is 0. The van der Waals surface area contributed by atoms with Crippen molar-refractivity contribution >= 4 is 23.3 Å². The van der Waals surface area contributed by atoms with Crippen LogP contribution in [0.15, 0.2) is 24.3 Å². The lowest BCUT2D eigenvalue weighted by atomic mass is 10.3. The second kappa shape index (κ2) is 7.97. The van der Waals surface area contributed by atoms with Crippen LogP contribution in [0.2, 0.25) is 0 Å². The SMILES string of the molecule is CCCCNC(=O)NCC(=O)Nc1cccc(N)c1. The van der Waals surface area contributed by atoms with E-state index in [1.54, 1.807) is 24.3 Å². The highest BCUT2D eigenvalue weighted by Crippen LogP contribution is 2.11. The Morgan fingerprint density at radius 1 is 1.26 bits per heavy atom. The molecule has 0 saturated heterocycles. The standard InChI is InChI=1S/C13H20N4O2/c1-2-3-7-15-13(19)16-9-12(18)17-11-6-4-5-10(14)8-11/h4-6,8H,2-3,7,9,14H2,1H3,(H,17,18)(H2,15,16,19). The highest BCUT2D eigenvalue weighted by Gasteiger charge is 2.05. The lowest BCUT2D eigenvalue weighted by molar-refractivity contribution is -0.115. The van der Waals surface area contributed by atoms with Crippen LogP contribution in [-0.2, 0) is 4.79 Å². The van der Waals surface area contributed by atoms with Crippen LogP contribution in [0.1, 0.15) is 19.8 Å². The van der Waals surface area contributed by atoms with E-state index in [0.29, 0.717) is 17.9 Å². The summed E-state index contributed by atoms with van der Waals surface area (Å²) in [6.07, 6.45) is 1.93. The van der Waals surface area contributed by atoms with Crippen molar-refractivity contribution in [1.29, 1.82) is 0 Å². The van der Waals surface area contributed by atoms with Gasteiger partial charge in [0.05, 0.1) is 6.54 Å². The monoisotopic (exact) mass is 264 g/mol. The van der Waals surface area contributed by atoms with Crippen LogP contribution in [0.25, 0.3) is 0 Å². The molecule has 0 fully saturated rings. The van der Waals surface area contributed by atoms with Gasteiger partial charge in [0.15, 0.2) is 0 Å². The number of carbonyl (C=O) groups excluding carboxylic acids is 2. The molecule has 5 N–H and O–H groups in total. The predicted molar refractivity (Wildman–Crippen MR) is 75.8 cm³/mol. The number of anilines is 2. The van der Waals surface area contributed by atoms with Gasteiger partial charge in [-0.15, -0.1) is 0 Å². The lowest BCUT2D eigenvalue weighted by Crippen LogP contribution is -2.40. The second-order valence-electron chi connectivity index (χ2n) is 4.14. The Hall–Kier alpha value is -2.24. The minimum Gasteiger partial charge on any atom is -0.399 e. The quantitative estimate of drug-likeness (QED) is 0.460. The molecule has 0 radical (unpaired) electrons. The van der Waals surface area contributed by atoms with E-state index in [-0.39, 0.29) is 18.5 Å². The fraction of sp³-hybridized carbons (Fsp3) is 0.385. The van der Waals surface area contributed by atoms with Gasteiger partial charge in [-0.05, 0) is 24.6 Å². The second-order valence-corrected chi connectivity index (χ2v) is 4.14. The maximum absolute atomic E-state index is 11.6. The van der Waals surface area contributed by atoms with E-state index in [4.69, 9.17) is 5.73 Å². The van der Waals surface area contributed by atoms with Gasteiger partial charge >= 0.3 is 6.03 Å². The van der Waals surface area contributed by atoms with Crippen LogP contribution >= 0.6 is 0 Å². The number of nitrogen functional groups attached to an aromatic ring is 1. The molecule has 0 heterocycles. The molecule has 0 aromatic heterocycles. The largest absolute Gasteiger partial charge is 0.399 e. The molecule has 0 aliphatic rings. The number of nitrogens with one attached hydrogen (secondary N) is 3. The molecule has 0 bridgehead atoms. The molecular weight excluding hydrogens is 244 g/mol. The number of carbonyl (C=O) groups is 2. The van der Waals surface area contributed by atoms with Crippen LogP contribution in [0, 0.1) is 0 Å². The van der Waals surface area contributed by atoms with Crippen molar-refractivity contribution in [3.8, 4) is 0 Å². The summed E-state index contributed by atoms with van der Waals surface area (Å²) in [5.41, 5.74) is 6.78. The fourth-order valence-corrected chi connectivity index (χ4v) is 1.42. The van der Waals surface area contributed by atoms with Gasteiger partial charge in [-0.2, -0.15) is 0 Å². The summed E-state index contributed by atoms with van der Waals surface area (Å²) in [6, 6.07) is 6.52. The predicted octanol–water partition coefficient (Wildman–Crippen LogP) is 1.31. The molecule has 0 spiro atoms. The van der Waals surface area contributed by atoms with Crippen molar-refractivity contribution in [3.63, 3.8) is 0 Å². The van der Waals surface area contributed by atoms with E-state index in [1.807, 2.05) is 6.92 Å². The fourth-order valence-electron chi connectivity index (χ4n) is 1.42. The molecule has 1 aromatic rings. The molecule has 19 heavy (non-hydrogen) atoms. The number of urea groups is 1. The first-order valence-corrected chi connectivity index (χ1v) is 6.29. The highest BCUT2D eigenvalue weighted by atomic mass is 16.2. The maximum Gasteiger partial charge on any atom is 0.315 e. The number of rotatable bonds is 6. The third-order valence-corrected chi connectivity index (χ3v) is 2.40.